The van der Waals surface area contributed by atoms with Gasteiger partial charge in [-0.15, -0.1) is 0 Å². The van der Waals surface area contributed by atoms with Crippen LogP contribution in [0, 0.1) is 0 Å². The molecule has 27 heavy (non-hydrogen) atoms. The number of rotatable bonds is 6. The molecular formula is C17H24N3NaO5S. The quantitative estimate of drug-likeness (QED) is 0.207. The van der Waals surface area contributed by atoms with Gasteiger partial charge in [-0.05, 0) is 37.1 Å². The fourth-order valence-electron chi connectivity index (χ4n) is 2.89. The number of anilines is 1. The number of amides is 2. The molecule has 3 rings (SSSR count). The molecule has 0 aromatic heterocycles. The van der Waals surface area contributed by atoms with E-state index in [1.807, 2.05) is 11.8 Å². The van der Waals surface area contributed by atoms with Crippen LogP contribution in [0.2, 0.25) is 0 Å². The Bertz CT molecular complexity index is 658. The van der Waals surface area contributed by atoms with E-state index in [0.717, 1.165) is 25.0 Å². The number of aliphatic carboxylic acids is 1. The van der Waals surface area contributed by atoms with E-state index < -0.39 is 11.9 Å². The van der Waals surface area contributed by atoms with E-state index in [-0.39, 0.29) is 59.7 Å². The van der Waals surface area contributed by atoms with Crippen molar-refractivity contribution in [2.24, 2.45) is 0 Å². The third-order valence-electron chi connectivity index (χ3n) is 4.23. The van der Waals surface area contributed by atoms with E-state index >= 15 is 0 Å². The van der Waals surface area contributed by atoms with Gasteiger partial charge >= 0.3 is 47.5 Å². The summed E-state index contributed by atoms with van der Waals surface area (Å²) in [7, 11) is 0. The summed E-state index contributed by atoms with van der Waals surface area (Å²) in [4.78, 5) is 31.7. The Labute approximate surface area is 183 Å². The van der Waals surface area contributed by atoms with Gasteiger partial charge in [-0.3, -0.25) is 4.79 Å². The summed E-state index contributed by atoms with van der Waals surface area (Å²) in [5.74, 6) is -0.694. The van der Waals surface area contributed by atoms with Crippen LogP contribution in [-0.2, 0) is 4.79 Å². The first-order chi connectivity index (χ1) is 12.4. The molecule has 144 valence electrons. The third-order valence-corrected chi connectivity index (χ3v) is 5.73. The number of hydrogen-bond acceptors (Lipinski definition) is 5. The molecule has 2 fully saturated rings. The second-order valence-electron chi connectivity index (χ2n) is 6.19. The van der Waals surface area contributed by atoms with Crippen molar-refractivity contribution in [3.8, 4) is 0 Å². The molecule has 2 aliphatic rings. The number of carbonyl (C=O) groups is 3. The van der Waals surface area contributed by atoms with Gasteiger partial charge in [-0.25, -0.2) is 9.59 Å². The van der Waals surface area contributed by atoms with Crippen molar-refractivity contribution < 1.29 is 24.6 Å². The third kappa shape index (κ3) is 7.61. The molecule has 2 aliphatic heterocycles. The topological polar surface area (TPSA) is 142 Å². The van der Waals surface area contributed by atoms with E-state index in [4.69, 9.17) is 15.9 Å². The number of carboxylic acid groups (broad SMARTS) is 2. The Kier molecular flexibility index (Phi) is 10.00. The molecule has 0 spiro atoms. The summed E-state index contributed by atoms with van der Waals surface area (Å²) in [5.41, 5.74) is 6.17. The molecule has 1 aromatic rings. The Hall–Kier alpha value is -1.42. The van der Waals surface area contributed by atoms with Crippen molar-refractivity contribution in [3.63, 3.8) is 0 Å². The van der Waals surface area contributed by atoms with E-state index in [2.05, 4.69) is 10.6 Å². The van der Waals surface area contributed by atoms with Crippen LogP contribution in [-0.4, -0.2) is 80.8 Å². The van der Waals surface area contributed by atoms with Crippen molar-refractivity contribution in [1.29, 1.82) is 0 Å². The van der Waals surface area contributed by atoms with Gasteiger partial charge in [0.1, 0.15) is 0 Å². The molecule has 6 N–H and O–H groups in total. The Morgan fingerprint density at radius 3 is 2.41 bits per heavy atom. The first-order valence-electron chi connectivity index (χ1n) is 8.36. The molecule has 2 heterocycles. The van der Waals surface area contributed by atoms with Gasteiger partial charge in [0, 0.05) is 23.1 Å². The van der Waals surface area contributed by atoms with Crippen molar-refractivity contribution in [1.82, 2.24) is 10.6 Å². The van der Waals surface area contributed by atoms with Gasteiger partial charge in [0.15, 0.2) is 0 Å². The molecule has 2 saturated heterocycles. The van der Waals surface area contributed by atoms with Crippen LogP contribution in [0.25, 0.3) is 0 Å². The standard InChI is InChI=1S/C10H16N2O3S.C7H7NO2.Na.H/c13-8(14)4-2-1-3-7-9-6(5-16-7)11-10(15)12-9;8-6-3-1-5(2-4-6)7(9)10;;/h6-7,9H,1-5H2,(H,13,14)(H2,11,12,15);1-4H,8H2,(H,9,10);;/t6-,7-,9-;;;/m0.../s1. The average molecular weight is 405 g/mol. The predicted octanol–water partition coefficient (Wildman–Crippen LogP) is 1.12. The van der Waals surface area contributed by atoms with E-state index in [9.17, 15) is 14.4 Å². The van der Waals surface area contributed by atoms with Crippen molar-refractivity contribution >= 4 is 65.0 Å². The summed E-state index contributed by atoms with van der Waals surface area (Å²) >= 11 is 1.87. The number of hydrogen-bond donors (Lipinski definition) is 5. The number of nitrogens with two attached hydrogens (primary N) is 1. The number of carboxylic acids is 2. The summed E-state index contributed by atoms with van der Waals surface area (Å²) in [6, 6.07) is 6.50. The second kappa shape index (κ2) is 11.4. The van der Waals surface area contributed by atoms with Crippen molar-refractivity contribution in [2.75, 3.05) is 11.5 Å². The number of fused-ring (bicyclic) bond motifs is 1. The molecule has 0 saturated carbocycles. The van der Waals surface area contributed by atoms with Crippen LogP contribution in [0.3, 0.4) is 0 Å². The fourth-order valence-corrected chi connectivity index (χ4v) is 4.43. The molecule has 2 amide bonds. The number of thioether (sulfide) groups is 1. The molecule has 0 bridgehead atoms. The second-order valence-corrected chi connectivity index (χ2v) is 7.46. The van der Waals surface area contributed by atoms with Crippen LogP contribution in [0.1, 0.15) is 36.0 Å². The van der Waals surface area contributed by atoms with Crippen LogP contribution in [0.4, 0.5) is 10.5 Å². The SMILES string of the molecule is Nc1ccc(C(=O)O)cc1.O=C(O)CCCC[C@@H]1SC[C@@H]2NC(=O)N[C@@H]21.[NaH]. The number of urea groups is 1. The van der Waals surface area contributed by atoms with Gasteiger partial charge in [0.2, 0.25) is 0 Å². The summed E-state index contributed by atoms with van der Waals surface area (Å²) in [6.07, 6.45) is 2.88. The summed E-state index contributed by atoms with van der Waals surface area (Å²) in [5, 5.41) is 23.2. The van der Waals surface area contributed by atoms with Crippen LogP contribution in [0.15, 0.2) is 24.3 Å². The zero-order valence-corrected chi connectivity index (χ0v) is 15.0. The zero-order valence-electron chi connectivity index (χ0n) is 14.2. The molecule has 10 heteroatoms. The molecule has 1 aromatic carbocycles. The number of carbonyl (C=O) groups excluding carboxylic acids is 1. The zero-order chi connectivity index (χ0) is 19.1. The summed E-state index contributed by atoms with van der Waals surface area (Å²) in [6.45, 7) is 0. The van der Waals surface area contributed by atoms with Gasteiger partial charge < -0.3 is 26.6 Å². The first-order valence-corrected chi connectivity index (χ1v) is 9.41. The van der Waals surface area contributed by atoms with E-state index in [1.165, 1.54) is 12.1 Å². The van der Waals surface area contributed by atoms with E-state index in [0.29, 0.717) is 10.9 Å². The molecule has 3 atom stereocenters. The Morgan fingerprint density at radius 2 is 1.81 bits per heavy atom. The molecule has 0 aliphatic carbocycles. The normalized spacial score (nSPS) is 22.4. The van der Waals surface area contributed by atoms with Crippen molar-refractivity contribution in [3.05, 3.63) is 29.8 Å². The minimum absolute atomic E-state index is 0. The summed E-state index contributed by atoms with van der Waals surface area (Å²) < 4.78 is 0. The maximum atomic E-state index is 11.1. The number of nitrogens with one attached hydrogen (secondary N) is 2. The van der Waals surface area contributed by atoms with Gasteiger partial charge in [0.25, 0.3) is 0 Å². The van der Waals surface area contributed by atoms with Crippen LogP contribution >= 0.6 is 11.8 Å². The first kappa shape index (κ1) is 23.6. The van der Waals surface area contributed by atoms with Gasteiger partial charge in [-0.2, -0.15) is 11.8 Å². The van der Waals surface area contributed by atoms with Crippen molar-refractivity contribution in [2.45, 2.75) is 43.0 Å². The molecular weight excluding hydrogens is 381 g/mol. The number of unbranched alkanes of at least 4 members (excludes halogenated alkanes) is 1. The minimum atomic E-state index is -0.931. The fraction of sp³-hybridized carbons (Fsp3) is 0.471. The monoisotopic (exact) mass is 405 g/mol. The van der Waals surface area contributed by atoms with Crippen LogP contribution < -0.4 is 16.4 Å². The maximum absolute atomic E-state index is 11.1. The number of nitrogen functional groups attached to an aromatic ring is 1. The number of aromatic carboxylic acids is 1. The molecule has 0 unspecified atom stereocenters. The average Bonchev–Trinajstić information content (AvgIpc) is 3.12. The Morgan fingerprint density at radius 1 is 1.15 bits per heavy atom. The molecule has 0 radical (unpaired) electrons. The van der Waals surface area contributed by atoms with Gasteiger partial charge in [-0.1, -0.05) is 6.42 Å². The van der Waals surface area contributed by atoms with Gasteiger partial charge in [0.05, 0.1) is 17.6 Å². The van der Waals surface area contributed by atoms with Crippen LogP contribution in [0.5, 0.6) is 0 Å². The molecule has 8 nitrogen and oxygen atoms in total. The number of benzene rings is 1. The Balaban J connectivity index is 0.000000288. The predicted molar refractivity (Wildman–Crippen MR) is 107 cm³/mol. The van der Waals surface area contributed by atoms with E-state index in [1.54, 1.807) is 12.1 Å².